The summed E-state index contributed by atoms with van der Waals surface area (Å²) in [6.07, 6.45) is -10.6. The monoisotopic (exact) mass is 388 g/mol. The van der Waals surface area contributed by atoms with Gasteiger partial charge in [0.05, 0.1) is 0 Å². The summed E-state index contributed by atoms with van der Waals surface area (Å²) in [6.45, 7) is 5.16. The van der Waals surface area contributed by atoms with Gasteiger partial charge in [0.1, 0.15) is 0 Å². The third kappa shape index (κ3) is 6.89. The first-order valence-corrected chi connectivity index (χ1v) is 8.11. The van der Waals surface area contributed by atoms with Gasteiger partial charge in [-0.25, -0.2) is 4.79 Å². The van der Waals surface area contributed by atoms with E-state index in [9.17, 15) is 31.1 Å². The van der Waals surface area contributed by atoms with E-state index in [0.717, 1.165) is 16.9 Å². The van der Waals surface area contributed by atoms with Gasteiger partial charge in [0, 0.05) is 32.7 Å². The van der Waals surface area contributed by atoms with Crippen molar-refractivity contribution in [1.82, 2.24) is 9.80 Å². The number of hydrogen-bond acceptors (Lipinski definition) is 3. The third-order valence-corrected chi connectivity index (χ3v) is 3.85. The second-order valence-corrected chi connectivity index (χ2v) is 5.81. The van der Waals surface area contributed by atoms with Crippen molar-refractivity contribution in [1.29, 1.82) is 0 Å². The fourth-order valence-electron chi connectivity index (χ4n) is 2.38. The van der Waals surface area contributed by atoms with Gasteiger partial charge in [0.25, 0.3) is 6.10 Å². The molecule has 0 aromatic heterocycles. The number of piperazine rings is 1. The maximum Gasteiger partial charge on any atom is 0.434 e. The molecule has 4 nitrogen and oxygen atoms in total. The molecule has 1 saturated heterocycles. The van der Waals surface area contributed by atoms with Crippen LogP contribution in [0.15, 0.2) is 23.8 Å². The molecule has 0 aromatic rings. The second-order valence-electron chi connectivity index (χ2n) is 5.81. The average Bonchev–Trinajstić information content (AvgIpc) is 2.54. The molecule has 0 radical (unpaired) electrons. The predicted molar refractivity (Wildman–Crippen MR) is 83.6 cm³/mol. The van der Waals surface area contributed by atoms with E-state index in [1.165, 1.54) is 0 Å². The number of amides is 1. The Morgan fingerprint density at radius 3 is 2.04 bits per heavy atom. The number of ether oxygens (including phenoxy) is 1. The molecular weight excluding hydrogens is 366 g/mol. The molecule has 1 amide bonds. The highest BCUT2D eigenvalue weighted by Crippen LogP contribution is 2.36. The summed E-state index contributed by atoms with van der Waals surface area (Å²) in [5.41, 5.74) is 1.13. The molecule has 0 saturated carbocycles. The van der Waals surface area contributed by atoms with E-state index in [2.05, 4.69) is 4.74 Å². The standard InChI is InChI=1S/C16H22F6N2O2/c1-3-5-6-12(4-2)11-23-7-9-24(10-8-23)14(25)26-13(15(17,18)19)16(20,21)22/h3,5-6,13H,4,7-11H2,1-2H3/b5-3-,12-6+. The van der Waals surface area contributed by atoms with E-state index in [1.54, 1.807) is 0 Å². The minimum atomic E-state index is -5.71. The van der Waals surface area contributed by atoms with Crippen LogP contribution in [0.4, 0.5) is 31.1 Å². The van der Waals surface area contributed by atoms with Gasteiger partial charge in [0.15, 0.2) is 0 Å². The van der Waals surface area contributed by atoms with Crippen molar-refractivity contribution in [3.8, 4) is 0 Å². The van der Waals surface area contributed by atoms with E-state index >= 15 is 0 Å². The van der Waals surface area contributed by atoms with Crippen LogP contribution in [0.2, 0.25) is 0 Å². The fourth-order valence-corrected chi connectivity index (χ4v) is 2.38. The van der Waals surface area contributed by atoms with Gasteiger partial charge in [-0.2, -0.15) is 26.3 Å². The van der Waals surface area contributed by atoms with Crippen LogP contribution in [-0.2, 0) is 4.74 Å². The summed E-state index contributed by atoms with van der Waals surface area (Å²) in [4.78, 5) is 14.5. The minimum Gasteiger partial charge on any atom is -0.426 e. The van der Waals surface area contributed by atoms with Crippen LogP contribution >= 0.6 is 0 Å². The zero-order valence-corrected chi connectivity index (χ0v) is 14.5. The van der Waals surface area contributed by atoms with Crippen LogP contribution in [-0.4, -0.2) is 67.1 Å². The van der Waals surface area contributed by atoms with Gasteiger partial charge in [-0.05, 0) is 13.3 Å². The average molecular weight is 388 g/mol. The predicted octanol–water partition coefficient (Wildman–Crippen LogP) is 4.15. The number of rotatable bonds is 5. The molecule has 0 spiro atoms. The second kappa shape index (κ2) is 9.29. The van der Waals surface area contributed by atoms with Gasteiger partial charge >= 0.3 is 18.4 Å². The van der Waals surface area contributed by atoms with Crippen molar-refractivity contribution in [2.75, 3.05) is 32.7 Å². The van der Waals surface area contributed by atoms with Crippen LogP contribution in [0.25, 0.3) is 0 Å². The lowest BCUT2D eigenvalue weighted by Crippen LogP contribution is -2.52. The summed E-state index contributed by atoms with van der Waals surface area (Å²) in [6, 6.07) is 0. The van der Waals surface area contributed by atoms with Crippen molar-refractivity contribution in [2.45, 2.75) is 38.7 Å². The molecule has 0 N–H and O–H groups in total. The molecule has 1 aliphatic heterocycles. The maximum atomic E-state index is 12.5. The summed E-state index contributed by atoms with van der Waals surface area (Å²) in [5.74, 6) is 0. The number of nitrogens with zero attached hydrogens (tertiary/aromatic N) is 2. The highest BCUT2D eigenvalue weighted by atomic mass is 19.4. The molecule has 26 heavy (non-hydrogen) atoms. The number of halogens is 6. The zero-order valence-electron chi connectivity index (χ0n) is 14.5. The molecule has 0 unspecified atom stereocenters. The van der Waals surface area contributed by atoms with E-state index < -0.39 is 24.5 Å². The summed E-state index contributed by atoms with van der Waals surface area (Å²) >= 11 is 0. The number of carbonyl (C=O) groups excluding carboxylic acids is 1. The lowest BCUT2D eigenvalue weighted by atomic mass is 10.1. The van der Waals surface area contributed by atoms with Crippen LogP contribution in [0.1, 0.15) is 20.3 Å². The molecule has 10 heteroatoms. The lowest BCUT2D eigenvalue weighted by molar-refractivity contribution is -0.308. The topological polar surface area (TPSA) is 32.8 Å². The number of allylic oxidation sites excluding steroid dienone is 3. The molecule has 0 bridgehead atoms. The third-order valence-electron chi connectivity index (χ3n) is 3.85. The van der Waals surface area contributed by atoms with Gasteiger partial charge in [-0.1, -0.05) is 30.7 Å². The van der Waals surface area contributed by atoms with E-state index in [4.69, 9.17) is 0 Å². The van der Waals surface area contributed by atoms with E-state index in [-0.39, 0.29) is 13.1 Å². The number of carbonyl (C=O) groups is 1. The largest absolute Gasteiger partial charge is 0.434 e. The van der Waals surface area contributed by atoms with E-state index in [0.29, 0.717) is 19.6 Å². The zero-order chi connectivity index (χ0) is 20.0. The van der Waals surface area contributed by atoms with Gasteiger partial charge in [0.2, 0.25) is 0 Å². The Bertz CT molecular complexity index is 506. The summed E-state index contributed by atoms with van der Waals surface area (Å²) in [5, 5.41) is 0. The maximum absolute atomic E-state index is 12.5. The van der Waals surface area contributed by atoms with Gasteiger partial charge in [-0.3, -0.25) is 4.90 Å². The summed E-state index contributed by atoms with van der Waals surface area (Å²) < 4.78 is 78.4. The first-order chi connectivity index (χ1) is 12.0. The first-order valence-electron chi connectivity index (χ1n) is 8.11. The lowest BCUT2D eigenvalue weighted by Gasteiger charge is -2.35. The Hall–Kier alpha value is -1.71. The Balaban J connectivity index is 2.60. The Morgan fingerprint density at radius 1 is 1.08 bits per heavy atom. The molecular formula is C16H22F6N2O2. The van der Waals surface area contributed by atoms with Crippen LogP contribution in [0.3, 0.4) is 0 Å². The molecule has 1 aliphatic rings. The quantitative estimate of drug-likeness (QED) is 0.524. The van der Waals surface area contributed by atoms with Crippen molar-refractivity contribution in [3.63, 3.8) is 0 Å². The normalized spacial score (nSPS) is 18.0. The molecule has 0 atom stereocenters. The highest BCUT2D eigenvalue weighted by Gasteiger charge is 2.60. The Kier molecular flexibility index (Phi) is 7.98. The fraction of sp³-hybridized carbons (Fsp3) is 0.688. The smallest absolute Gasteiger partial charge is 0.426 e. The van der Waals surface area contributed by atoms with Crippen LogP contribution in [0.5, 0.6) is 0 Å². The first kappa shape index (κ1) is 22.3. The van der Waals surface area contributed by atoms with Crippen LogP contribution in [0, 0.1) is 0 Å². The summed E-state index contributed by atoms with van der Waals surface area (Å²) in [7, 11) is 0. The Morgan fingerprint density at radius 2 is 1.62 bits per heavy atom. The number of hydrogen-bond donors (Lipinski definition) is 0. The van der Waals surface area contributed by atoms with Crippen molar-refractivity contribution in [3.05, 3.63) is 23.8 Å². The van der Waals surface area contributed by atoms with Crippen molar-refractivity contribution >= 4 is 6.09 Å². The molecule has 1 fully saturated rings. The SMILES string of the molecule is C/C=C\C=C(/CC)CN1CCN(C(=O)OC(C(F)(F)F)C(F)(F)F)CC1. The van der Waals surface area contributed by atoms with Gasteiger partial charge < -0.3 is 9.64 Å². The van der Waals surface area contributed by atoms with Crippen molar-refractivity contribution < 1.29 is 35.9 Å². The minimum absolute atomic E-state index is 0.00186. The highest BCUT2D eigenvalue weighted by molar-refractivity contribution is 5.68. The molecule has 150 valence electrons. The van der Waals surface area contributed by atoms with Crippen LogP contribution < -0.4 is 0 Å². The molecule has 1 rings (SSSR count). The van der Waals surface area contributed by atoms with Gasteiger partial charge in [-0.15, -0.1) is 0 Å². The molecule has 0 aromatic carbocycles. The molecule has 0 aliphatic carbocycles. The Labute approximate surface area is 148 Å². The molecule has 1 heterocycles. The van der Waals surface area contributed by atoms with Crippen molar-refractivity contribution in [2.24, 2.45) is 0 Å². The number of alkyl halides is 6. The van der Waals surface area contributed by atoms with E-state index in [1.807, 2.05) is 37.0 Å².